The number of benzene rings is 1. The average molecular weight is 359 g/mol. The smallest absolute Gasteiger partial charge is 0.320 e. The van der Waals surface area contributed by atoms with E-state index in [1.54, 1.807) is 16.8 Å². The van der Waals surface area contributed by atoms with E-state index in [2.05, 4.69) is 12.1 Å². The number of amides is 3. The summed E-state index contributed by atoms with van der Waals surface area (Å²) >= 11 is 0. The molecule has 2 aliphatic rings. The van der Waals surface area contributed by atoms with Gasteiger partial charge in [-0.1, -0.05) is 30.3 Å². The second-order valence-corrected chi connectivity index (χ2v) is 7.44. The molecule has 0 bridgehead atoms. The van der Waals surface area contributed by atoms with E-state index in [9.17, 15) is 14.7 Å². The van der Waals surface area contributed by atoms with Crippen LogP contribution in [-0.2, 0) is 11.2 Å². The number of hydrogen-bond acceptors (Lipinski definition) is 3. The Bertz CT molecular complexity index is 614. The maximum atomic E-state index is 12.4. The molecule has 0 radical (unpaired) electrons. The number of carbonyl (C=O) groups is 2. The van der Waals surface area contributed by atoms with Crippen molar-refractivity contribution in [1.82, 2.24) is 14.7 Å². The molecule has 2 aliphatic heterocycles. The van der Waals surface area contributed by atoms with Crippen molar-refractivity contribution in [2.45, 2.75) is 31.8 Å². The Balaban J connectivity index is 1.40. The van der Waals surface area contributed by atoms with Crippen LogP contribution in [0.2, 0.25) is 0 Å². The monoisotopic (exact) mass is 359 g/mol. The molecule has 0 saturated carbocycles. The molecule has 1 atom stereocenters. The van der Waals surface area contributed by atoms with Crippen LogP contribution >= 0.6 is 0 Å². The number of hydrogen-bond donors (Lipinski definition) is 1. The van der Waals surface area contributed by atoms with Crippen LogP contribution in [0, 0.1) is 5.92 Å². The molecule has 2 saturated heterocycles. The van der Waals surface area contributed by atoms with Crippen LogP contribution in [0.1, 0.15) is 24.8 Å². The number of urea groups is 1. The molecular weight excluding hydrogens is 330 g/mol. The summed E-state index contributed by atoms with van der Waals surface area (Å²) in [5.74, 6) is 0.271. The van der Waals surface area contributed by atoms with Crippen LogP contribution in [0.5, 0.6) is 0 Å². The zero-order chi connectivity index (χ0) is 18.5. The second kappa shape index (κ2) is 8.54. The van der Waals surface area contributed by atoms with E-state index in [-0.39, 0.29) is 30.5 Å². The molecule has 6 nitrogen and oxygen atoms in total. The second-order valence-electron chi connectivity index (χ2n) is 7.44. The number of aryl methyl sites for hydroxylation is 1. The molecule has 142 valence electrons. The summed E-state index contributed by atoms with van der Waals surface area (Å²) in [5, 5.41) is 10.5. The number of aliphatic hydroxyl groups excluding tert-OH is 1. The third kappa shape index (κ3) is 4.55. The molecule has 3 amide bonds. The molecule has 0 spiro atoms. The lowest BCUT2D eigenvalue weighted by atomic mass is 9.88. The Morgan fingerprint density at radius 1 is 1.15 bits per heavy atom. The Labute approximate surface area is 155 Å². The van der Waals surface area contributed by atoms with Crippen molar-refractivity contribution < 1.29 is 14.7 Å². The lowest BCUT2D eigenvalue weighted by molar-refractivity contribution is -0.133. The first kappa shape index (κ1) is 18.7. The van der Waals surface area contributed by atoms with E-state index in [0.717, 1.165) is 25.7 Å². The molecule has 2 fully saturated rings. The van der Waals surface area contributed by atoms with E-state index >= 15 is 0 Å². The Morgan fingerprint density at radius 2 is 1.85 bits per heavy atom. The minimum Gasteiger partial charge on any atom is -0.393 e. The van der Waals surface area contributed by atoms with Crippen molar-refractivity contribution in [2.24, 2.45) is 5.92 Å². The maximum Gasteiger partial charge on any atom is 0.320 e. The van der Waals surface area contributed by atoms with Gasteiger partial charge >= 0.3 is 6.03 Å². The van der Waals surface area contributed by atoms with E-state index in [0.29, 0.717) is 26.2 Å². The van der Waals surface area contributed by atoms with Gasteiger partial charge in [0.2, 0.25) is 5.91 Å². The van der Waals surface area contributed by atoms with Gasteiger partial charge in [-0.3, -0.25) is 4.79 Å². The molecular formula is C20H29N3O3. The third-order valence-corrected chi connectivity index (χ3v) is 5.64. The predicted octanol–water partition coefficient (Wildman–Crippen LogP) is 1.59. The highest BCUT2D eigenvalue weighted by Crippen LogP contribution is 2.24. The van der Waals surface area contributed by atoms with Gasteiger partial charge in [0.15, 0.2) is 0 Å². The van der Waals surface area contributed by atoms with Gasteiger partial charge in [-0.15, -0.1) is 0 Å². The normalized spacial score (nSPS) is 19.9. The molecule has 0 aromatic heterocycles. The summed E-state index contributed by atoms with van der Waals surface area (Å²) in [6, 6.07) is 10.2. The number of rotatable bonds is 6. The Morgan fingerprint density at radius 3 is 2.46 bits per heavy atom. The van der Waals surface area contributed by atoms with Crippen LogP contribution in [-0.4, -0.2) is 77.6 Å². The van der Waals surface area contributed by atoms with Gasteiger partial charge in [0.05, 0.1) is 6.10 Å². The first-order chi connectivity index (χ1) is 12.5. The summed E-state index contributed by atoms with van der Waals surface area (Å²) in [4.78, 5) is 29.4. The van der Waals surface area contributed by atoms with Gasteiger partial charge in [-0.05, 0) is 37.2 Å². The minimum absolute atomic E-state index is 0.0193. The number of piperidine rings is 1. The number of aliphatic hydroxyl groups is 1. The molecule has 26 heavy (non-hydrogen) atoms. The van der Waals surface area contributed by atoms with Crippen molar-refractivity contribution in [3.63, 3.8) is 0 Å². The van der Waals surface area contributed by atoms with Crippen LogP contribution in [0.4, 0.5) is 4.79 Å². The topological polar surface area (TPSA) is 64.1 Å². The fraction of sp³-hybridized carbons (Fsp3) is 0.600. The van der Waals surface area contributed by atoms with Gasteiger partial charge in [-0.2, -0.15) is 0 Å². The van der Waals surface area contributed by atoms with Crippen LogP contribution in [0.15, 0.2) is 30.3 Å². The summed E-state index contributed by atoms with van der Waals surface area (Å²) < 4.78 is 0. The van der Waals surface area contributed by atoms with E-state index in [1.807, 2.05) is 23.1 Å². The minimum atomic E-state index is -0.318. The fourth-order valence-electron chi connectivity index (χ4n) is 3.84. The zero-order valence-electron chi connectivity index (χ0n) is 15.5. The molecule has 3 rings (SSSR count). The number of likely N-dealkylation sites (tertiary alicyclic amines) is 1. The quantitative estimate of drug-likeness (QED) is 0.839. The first-order valence-corrected chi connectivity index (χ1v) is 9.54. The van der Waals surface area contributed by atoms with Gasteiger partial charge in [0.25, 0.3) is 0 Å². The SMILES string of the molecule is CN1CCN(CC(=O)N2CCC([C@H](O)CCc3ccccc3)CC2)C1=O. The van der Waals surface area contributed by atoms with Crippen molar-refractivity contribution in [3.05, 3.63) is 35.9 Å². The zero-order valence-corrected chi connectivity index (χ0v) is 15.5. The van der Waals surface area contributed by atoms with E-state index in [4.69, 9.17) is 0 Å². The molecule has 6 heteroatoms. The fourth-order valence-corrected chi connectivity index (χ4v) is 3.84. The summed E-state index contributed by atoms with van der Waals surface area (Å²) in [6.07, 6.45) is 2.98. The molecule has 2 heterocycles. The highest BCUT2D eigenvalue weighted by molar-refractivity contribution is 5.85. The number of carbonyl (C=O) groups excluding carboxylic acids is 2. The molecule has 0 aliphatic carbocycles. The van der Waals surface area contributed by atoms with Crippen LogP contribution in [0.25, 0.3) is 0 Å². The molecule has 1 aromatic rings. The van der Waals surface area contributed by atoms with Gasteiger partial charge in [0, 0.05) is 33.2 Å². The Kier molecular flexibility index (Phi) is 6.14. The maximum absolute atomic E-state index is 12.4. The highest BCUT2D eigenvalue weighted by atomic mass is 16.3. The lowest BCUT2D eigenvalue weighted by Gasteiger charge is -2.35. The van der Waals surface area contributed by atoms with Crippen molar-refractivity contribution in [1.29, 1.82) is 0 Å². The number of likely N-dealkylation sites (N-methyl/N-ethyl adjacent to an activating group) is 1. The number of nitrogens with zero attached hydrogens (tertiary/aromatic N) is 3. The third-order valence-electron chi connectivity index (χ3n) is 5.64. The predicted molar refractivity (Wildman–Crippen MR) is 99.7 cm³/mol. The van der Waals surface area contributed by atoms with Crippen molar-refractivity contribution in [3.8, 4) is 0 Å². The first-order valence-electron chi connectivity index (χ1n) is 9.54. The lowest BCUT2D eigenvalue weighted by Crippen LogP contribution is -2.46. The summed E-state index contributed by atoms with van der Waals surface area (Å²) in [7, 11) is 1.76. The van der Waals surface area contributed by atoms with Crippen molar-refractivity contribution >= 4 is 11.9 Å². The average Bonchev–Trinajstić information content (AvgIpc) is 2.99. The standard InChI is InChI=1S/C20H29N3O3/c1-21-13-14-23(20(21)26)15-19(25)22-11-9-17(10-12-22)18(24)8-7-16-5-3-2-4-6-16/h2-6,17-18,24H,7-15H2,1H3/t18-/m1/s1. The summed E-state index contributed by atoms with van der Waals surface area (Å²) in [5.41, 5.74) is 1.25. The van der Waals surface area contributed by atoms with Crippen LogP contribution < -0.4 is 0 Å². The van der Waals surface area contributed by atoms with Crippen molar-refractivity contribution in [2.75, 3.05) is 39.8 Å². The largest absolute Gasteiger partial charge is 0.393 e. The molecule has 1 aromatic carbocycles. The van der Waals surface area contributed by atoms with Gasteiger partial charge in [0.1, 0.15) is 6.54 Å². The summed E-state index contributed by atoms with van der Waals surface area (Å²) in [6.45, 7) is 2.81. The van der Waals surface area contributed by atoms with E-state index < -0.39 is 0 Å². The van der Waals surface area contributed by atoms with E-state index in [1.165, 1.54) is 5.56 Å². The molecule has 0 unspecified atom stereocenters. The van der Waals surface area contributed by atoms with Gasteiger partial charge < -0.3 is 19.8 Å². The Hall–Kier alpha value is -2.08. The molecule has 1 N–H and O–H groups in total. The van der Waals surface area contributed by atoms with Gasteiger partial charge in [-0.25, -0.2) is 4.79 Å². The highest BCUT2D eigenvalue weighted by Gasteiger charge is 2.31. The van der Waals surface area contributed by atoms with Crippen LogP contribution in [0.3, 0.4) is 0 Å².